The molecule has 0 aliphatic carbocycles. The zero-order valence-electron chi connectivity index (χ0n) is 16.2. The Labute approximate surface area is 161 Å². The summed E-state index contributed by atoms with van der Waals surface area (Å²) >= 11 is 0. The summed E-state index contributed by atoms with van der Waals surface area (Å²) in [6, 6.07) is 6.01. The molecule has 150 valence electrons. The van der Waals surface area contributed by atoms with Gasteiger partial charge >= 0.3 is 6.09 Å². The van der Waals surface area contributed by atoms with Gasteiger partial charge in [0.05, 0.1) is 4.92 Å². The number of carbonyl (C=O) groups excluding carboxylic acids is 1. The summed E-state index contributed by atoms with van der Waals surface area (Å²) in [4.78, 5) is 24.5. The van der Waals surface area contributed by atoms with Crippen LogP contribution in [-0.4, -0.2) is 30.7 Å². The van der Waals surface area contributed by atoms with Crippen LogP contribution in [0, 0.1) is 21.7 Å². The van der Waals surface area contributed by atoms with E-state index in [0.29, 0.717) is 5.69 Å². The molecule has 1 amide bonds. The lowest BCUT2D eigenvalue weighted by Crippen LogP contribution is -2.27. The van der Waals surface area contributed by atoms with Gasteiger partial charge in [0.25, 0.3) is 5.69 Å². The number of nitro groups is 1. The molecule has 0 aliphatic heterocycles. The number of nitrogens with zero attached hydrogens (tertiary/aromatic N) is 2. The number of halogens is 2. The molecule has 2 aromatic rings. The molecule has 1 N–H and O–H groups in total. The summed E-state index contributed by atoms with van der Waals surface area (Å²) in [5.41, 5.74) is -1.06. The lowest BCUT2D eigenvalue weighted by molar-refractivity contribution is -0.383. The van der Waals surface area contributed by atoms with Gasteiger partial charge in [0.15, 0.2) is 11.6 Å². The zero-order chi connectivity index (χ0) is 21.2. The molecule has 0 fully saturated rings. The van der Waals surface area contributed by atoms with Crippen molar-refractivity contribution < 1.29 is 23.2 Å². The Hall–Kier alpha value is -3.23. The van der Waals surface area contributed by atoms with Crippen molar-refractivity contribution in [3.05, 3.63) is 52.1 Å². The molecule has 7 nitrogen and oxygen atoms in total. The highest BCUT2D eigenvalue weighted by Gasteiger charge is 2.25. The SMILES string of the molecule is CN(C)c1cc(NC(=O)OC(C)(C)C)c([N+](=O)[O-])cc1-c1cccc(F)c1F. The molecule has 2 rings (SSSR count). The number of benzene rings is 2. The molecule has 28 heavy (non-hydrogen) atoms. The third-order valence-corrected chi connectivity index (χ3v) is 3.67. The van der Waals surface area contributed by atoms with E-state index in [1.54, 1.807) is 39.8 Å². The molecule has 9 heteroatoms. The fourth-order valence-corrected chi connectivity index (χ4v) is 2.54. The van der Waals surface area contributed by atoms with Crippen molar-refractivity contribution in [1.29, 1.82) is 0 Å². The molecular formula is C19H21F2N3O4. The van der Waals surface area contributed by atoms with E-state index < -0.39 is 33.9 Å². The van der Waals surface area contributed by atoms with Gasteiger partial charge in [-0.25, -0.2) is 13.6 Å². The molecule has 0 atom stereocenters. The summed E-state index contributed by atoms with van der Waals surface area (Å²) in [5, 5.41) is 13.9. The average Bonchev–Trinajstić information content (AvgIpc) is 2.55. The standard InChI is InChI=1S/C19H21F2N3O4/c1-19(2,3)28-18(25)22-14-10-15(23(4)5)12(9-16(14)24(26)27)11-7-6-8-13(20)17(11)21/h6-10H,1-5H3,(H,22,25). The molecule has 0 saturated carbocycles. The predicted octanol–water partition coefficient (Wildman–Crippen LogP) is 4.95. The third kappa shape index (κ3) is 4.73. The van der Waals surface area contributed by atoms with Gasteiger partial charge in [-0.3, -0.25) is 15.4 Å². The van der Waals surface area contributed by atoms with Gasteiger partial charge in [-0.1, -0.05) is 12.1 Å². The van der Waals surface area contributed by atoms with E-state index >= 15 is 0 Å². The topological polar surface area (TPSA) is 84.7 Å². The minimum Gasteiger partial charge on any atom is -0.444 e. The van der Waals surface area contributed by atoms with Crippen molar-refractivity contribution in [2.75, 3.05) is 24.3 Å². The van der Waals surface area contributed by atoms with Crippen LogP contribution in [-0.2, 0) is 4.74 Å². The number of nitrogens with one attached hydrogen (secondary N) is 1. The van der Waals surface area contributed by atoms with Gasteiger partial charge < -0.3 is 9.64 Å². The van der Waals surface area contributed by atoms with E-state index in [4.69, 9.17) is 4.74 Å². The molecule has 0 unspecified atom stereocenters. The van der Waals surface area contributed by atoms with E-state index in [-0.39, 0.29) is 16.8 Å². The normalized spacial score (nSPS) is 11.1. The first kappa shape index (κ1) is 21.1. The summed E-state index contributed by atoms with van der Waals surface area (Å²) < 4.78 is 33.1. The largest absolute Gasteiger partial charge is 0.444 e. The zero-order valence-corrected chi connectivity index (χ0v) is 16.2. The van der Waals surface area contributed by atoms with Crippen molar-refractivity contribution in [3.63, 3.8) is 0 Å². The Kier molecular flexibility index (Phi) is 5.86. The van der Waals surface area contributed by atoms with E-state index in [1.807, 2.05) is 0 Å². The van der Waals surface area contributed by atoms with E-state index in [2.05, 4.69) is 5.32 Å². The Morgan fingerprint density at radius 2 is 1.82 bits per heavy atom. The Bertz CT molecular complexity index is 924. The van der Waals surface area contributed by atoms with E-state index in [0.717, 1.165) is 12.1 Å². The summed E-state index contributed by atoms with van der Waals surface area (Å²) in [7, 11) is 3.28. The minimum absolute atomic E-state index is 0.114. The van der Waals surface area contributed by atoms with Crippen LogP contribution >= 0.6 is 0 Å². The lowest BCUT2D eigenvalue weighted by Gasteiger charge is -2.22. The summed E-state index contributed by atoms with van der Waals surface area (Å²) in [6.07, 6.45) is -0.870. The monoisotopic (exact) mass is 393 g/mol. The highest BCUT2D eigenvalue weighted by Crippen LogP contribution is 2.40. The van der Waals surface area contributed by atoms with Crippen LogP contribution < -0.4 is 10.2 Å². The second-order valence-electron chi connectivity index (χ2n) is 7.27. The number of hydrogen-bond donors (Lipinski definition) is 1. The van der Waals surface area contributed by atoms with Crippen LogP contribution in [0.15, 0.2) is 30.3 Å². The number of ether oxygens (including phenoxy) is 1. The van der Waals surface area contributed by atoms with Crippen molar-refractivity contribution in [1.82, 2.24) is 0 Å². The second kappa shape index (κ2) is 7.79. The maximum absolute atomic E-state index is 14.3. The lowest BCUT2D eigenvalue weighted by atomic mass is 10.0. The maximum atomic E-state index is 14.3. The Balaban J connectivity index is 2.64. The predicted molar refractivity (Wildman–Crippen MR) is 103 cm³/mol. The van der Waals surface area contributed by atoms with Crippen molar-refractivity contribution in [2.24, 2.45) is 0 Å². The van der Waals surface area contributed by atoms with Crippen LogP contribution in [0.1, 0.15) is 20.8 Å². The first-order valence-corrected chi connectivity index (χ1v) is 8.35. The number of amides is 1. The molecule has 0 heterocycles. The fourth-order valence-electron chi connectivity index (χ4n) is 2.54. The molecule has 0 bridgehead atoms. The highest BCUT2D eigenvalue weighted by atomic mass is 19.2. The fraction of sp³-hybridized carbons (Fsp3) is 0.316. The van der Waals surface area contributed by atoms with Gasteiger partial charge in [-0.2, -0.15) is 0 Å². The van der Waals surface area contributed by atoms with Gasteiger partial charge in [-0.05, 0) is 32.9 Å². The molecule has 0 aliphatic rings. The first-order chi connectivity index (χ1) is 12.9. The van der Waals surface area contributed by atoms with Crippen molar-refractivity contribution in [3.8, 4) is 11.1 Å². The summed E-state index contributed by atoms with van der Waals surface area (Å²) in [5.74, 6) is -2.19. The van der Waals surface area contributed by atoms with Crippen LogP contribution in [0.5, 0.6) is 0 Å². The number of hydrogen-bond acceptors (Lipinski definition) is 5. The van der Waals surface area contributed by atoms with Gasteiger partial charge in [0.1, 0.15) is 11.3 Å². The van der Waals surface area contributed by atoms with Crippen molar-refractivity contribution in [2.45, 2.75) is 26.4 Å². The quantitative estimate of drug-likeness (QED) is 0.587. The van der Waals surface area contributed by atoms with Crippen molar-refractivity contribution >= 4 is 23.2 Å². The smallest absolute Gasteiger partial charge is 0.412 e. The summed E-state index contributed by atoms with van der Waals surface area (Å²) in [6.45, 7) is 4.96. The van der Waals surface area contributed by atoms with E-state index in [9.17, 15) is 23.7 Å². The molecule has 0 saturated heterocycles. The van der Waals surface area contributed by atoms with Crippen LogP contribution in [0.3, 0.4) is 0 Å². The second-order valence-corrected chi connectivity index (χ2v) is 7.27. The van der Waals surface area contributed by atoms with Crippen LogP contribution in [0.4, 0.5) is 30.6 Å². The highest BCUT2D eigenvalue weighted by molar-refractivity contribution is 5.93. The number of rotatable bonds is 4. The number of carbonyl (C=O) groups is 1. The van der Waals surface area contributed by atoms with E-state index in [1.165, 1.54) is 18.2 Å². The van der Waals surface area contributed by atoms with Crippen LogP contribution in [0.2, 0.25) is 0 Å². The van der Waals surface area contributed by atoms with Gasteiger partial charge in [-0.15, -0.1) is 0 Å². The molecule has 2 aromatic carbocycles. The molecule has 0 radical (unpaired) electrons. The minimum atomic E-state index is -1.12. The average molecular weight is 393 g/mol. The maximum Gasteiger partial charge on any atom is 0.412 e. The Morgan fingerprint density at radius 3 is 2.36 bits per heavy atom. The van der Waals surface area contributed by atoms with Gasteiger partial charge in [0.2, 0.25) is 0 Å². The number of nitro benzene ring substituents is 1. The third-order valence-electron chi connectivity index (χ3n) is 3.67. The first-order valence-electron chi connectivity index (χ1n) is 8.35. The van der Waals surface area contributed by atoms with Gasteiger partial charge in [0, 0.05) is 37.0 Å². The molecule has 0 spiro atoms. The Morgan fingerprint density at radius 1 is 1.18 bits per heavy atom. The van der Waals surface area contributed by atoms with Crippen LogP contribution in [0.25, 0.3) is 11.1 Å². The molecular weight excluding hydrogens is 372 g/mol. The molecule has 0 aromatic heterocycles. The number of anilines is 2.